The van der Waals surface area contributed by atoms with E-state index in [2.05, 4.69) is 5.32 Å². The standard InChI is InChI=1S/C26H25Cl2N3O4S/c1-18-7-9-24(10-8-18)36(34,35)31(23-14-20(27)13-21(28)15-23)17-25(32)29-16-19-4-2-5-22(12-19)30-11-3-6-26(30)33/h2,4-5,7-10,12-15H,3,6,11,16-17H2,1H3,(H,29,32). The molecule has 0 aromatic heterocycles. The van der Waals surface area contributed by atoms with Crippen molar-refractivity contribution < 1.29 is 18.0 Å². The highest BCUT2D eigenvalue weighted by atomic mass is 35.5. The van der Waals surface area contributed by atoms with E-state index in [1.165, 1.54) is 30.3 Å². The summed E-state index contributed by atoms with van der Waals surface area (Å²) < 4.78 is 28.0. The summed E-state index contributed by atoms with van der Waals surface area (Å²) in [7, 11) is -4.10. The Balaban J connectivity index is 1.55. The second-order valence-corrected chi connectivity index (χ2v) is 11.3. The van der Waals surface area contributed by atoms with Crippen molar-refractivity contribution in [2.75, 3.05) is 22.3 Å². The number of carbonyl (C=O) groups excluding carboxylic acids is 2. The van der Waals surface area contributed by atoms with Crippen LogP contribution in [0.25, 0.3) is 0 Å². The molecule has 36 heavy (non-hydrogen) atoms. The molecule has 10 heteroatoms. The normalized spacial score (nSPS) is 13.6. The summed E-state index contributed by atoms with van der Waals surface area (Å²) in [6.07, 6.45) is 1.35. The number of carbonyl (C=O) groups is 2. The van der Waals surface area contributed by atoms with Gasteiger partial charge in [0.25, 0.3) is 10.0 Å². The zero-order valence-electron chi connectivity index (χ0n) is 19.6. The molecular weight excluding hydrogens is 521 g/mol. The first-order valence-electron chi connectivity index (χ1n) is 11.3. The van der Waals surface area contributed by atoms with Crippen molar-refractivity contribution in [3.05, 3.63) is 87.9 Å². The summed E-state index contributed by atoms with van der Waals surface area (Å²) in [5, 5.41) is 3.27. The molecule has 1 aliphatic heterocycles. The average Bonchev–Trinajstić information content (AvgIpc) is 3.27. The van der Waals surface area contributed by atoms with Gasteiger partial charge in [-0.15, -0.1) is 0 Å². The van der Waals surface area contributed by atoms with Crippen LogP contribution in [0.3, 0.4) is 0 Å². The van der Waals surface area contributed by atoms with Crippen molar-refractivity contribution in [1.82, 2.24) is 5.32 Å². The summed E-state index contributed by atoms with van der Waals surface area (Å²) in [5.74, 6) is -0.433. The molecule has 1 fully saturated rings. The quantitative estimate of drug-likeness (QED) is 0.434. The van der Waals surface area contributed by atoms with E-state index in [-0.39, 0.29) is 33.1 Å². The second-order valence-electron chi connectivity index (χ2n) is 8.55. The molecular formula is C26H25Cl2N3O4S. The lowest BCUT2D eigenvalue weighted by Gasteiger charge is -2.24. The second kappa shape index (κ2) is 10.9. The predicted octanol–water partition coefficient (Wildman–Crippen LogP) is 4.94. The summed E-state index contributed by atoms with van der Waals surface area (Å²) in [4.78, 5) is 26.8. The van der Waals surface area contributed by atoms with E-state index in [1.54, 1.807) is 17.0 Å². The highest BCUT2D eigenvalue weighted by Crippen LogP contribution is 2.30. The molecule has 0 atom stereocenters. The van der Waals surface area contributed by atoms with Crippen LogP contribution in [0.2, 0.25) is 10.0 Å². The van der Waals surface area contributed by atoms with Gasteiger partial charge in [-0.25, -0.2) is 8.42 Å². The molecule has 1 heterocycles. The van der Waals surface area contributed by atoms with Crippen LogP contribution in [0.4, 0.5) is 11.4 Å². The zero-order valence-corrected chi connectivity index (χ0v) is 21.9. The number of amides is 2. The highest BCUT2D eigenvalue weighted by molar-refractivity contribution is 7.92. The third kappa shape index (κ3) is 6.00. The number of anilines is 2. The number of halogens is 2. The van der Waals surface area contributed by atoms with E-state index in [0.29, 0.717) is 13.0 Å². The lowest BCUT2D eigenvalue weighted by atomic mass is 10.2. The van der Waals surface area contributed by atoms with Crippen molar-refractivity contribution in [3.63, 3.8) is 0 Å². The Kier molecular flexibility index (Phi) is 7.88. The third-order valence-corrected chi connectivity index (χ3v) is 8.04. The van der Waals surface area contributed by atoms with Crippen molar-refractivity contribution in [2.45, 2.75) is 31.2 Å². The SMILES string of the molecule is Cc1ccc(S(=O)(=O)N(CC(=O)NCc2cccc(N3CCCC3=O)c2)c2cc(Cl)cc(Cl)c2)cc1. The number of rotatable bonds is 8. The minimum Gasteiger partial charge on any atom is -0.350 e. The molecule has 4 rings (SSSR count). The maximum atomic E-state index is 13.5. The number of nitrogens with one attached hydrogen (secondary N) is 1. The van der Waals surface area contributed by atoms with E-state index in [9.17, 15) is 18.0 Å². The van der Waals surface area contributed by atoms with Gasteiger partial charge in [0.1, 0.15) is 6.54 Å². The van der Waals surface area contributed by atoms with Crippen LogP contribution in [-0.2, 0) is 26.2 Å². The molecule has 2 amide bonds. The maximum absolute atomic E-state index is 13.5. The van der Waals surface area contributed by atoms with E-state index >= 15 is 0 Å². The molecule has 0 radical (unpaired) electrons. The first-order chi connectivity index (χ1) is 17.1. The van der Waals surface area contributed by atoms with Crippen LogP contribution in [0.5, 0.6) is 0 Å². The van der Waals surface area contributed by atoms with E-state index in [1.807, 2.05) is 31.2 Å². The highest BCUT2D eigenvalue weighted by Gasteiger charge is 2.28. The molecule has 188 valence electrons. The maximum Gasteiger partial charge on any atom is 0.264 e. The number of aryl methyl sites for hydroxylation is 1. The molecule has 3 aromatic carbocycles. The van der Waals surface area contributed by atoms with Crippen LogP contribution in [0.1, 0.15) is 24.0 Å². The minimum atomic E-state index is -4.10. The fourth-order valence-corrected chi connectivity index (χ4v) is 5.90. The lowest BCUT2D eigenvalue weighted by Crippen LogP contribution is -2.40. The van der Waals surface area contributed by atoms with Crippen LogP contribution in [0.15, 0.2) is 71.6 Å². The summed E-state index contributed by atoms with van der Waals surface area (Å²) >= 11 is 12.3. The molecule has 0 bridgehead atoms. The zero-order chi connectivity index (χ0) is 25.9. The fraction of sp³-hybridized carbons (Fsp3) is 0.231. The Bertz CT molecular complexity index is 1370. The summed E-state index contributed by atoms with van der Waals surface area (Å²) in [5.41, 5.74) is 2.65. The summed E-state index contributed by atoms with van der Waals surface area (Å²) in [6.45, 7) is 2.22. The largest absolute Gasteiger partial charge is 0.350 e. The van der Waals surface area contributed by atoms with E-state index < -0.39 is 22.5 Å². The summed E-state index contributed by atoms with van der Waals surface area (Å²) in [6, 6.07) is 18.1. The number of nitrogens with zero attached hydrogens (tertiary/aromatic N) is 2. The lowest BCUT2D eigenvalue weighted by molar-refractivity contribution is -0.120. The van der Waals surface area contributed by atoms with E-state index in [0.717, 1.165) is 27.5 Å². The van der Waals surface area contributed by atoms with Gasteiger partial charge in [-0.1, -0.05) is 53.0 Å². The van der Waals surface area contributed by atoms with Gasteiger partial charge in [-0.2, -0.15) is 0 Å². The Morgan fingerprint density at radius 3 is 2.36 bits per heavy atom. The van der Waals surface area contributed by atoms with Crippen molar-refractivity contribution in [3.8, 4) is 0 Å². The predicted molar refractivity (Wildman–Crippen MR) is 142 cm³/mol. The van der Waals surface area contributed by atoms with Crippen LogP contribution in [-0.4, -0.2) is 33.3 Å². The number of benzene rings is 3. The topological polar surface area (TPSA) is 86.8 Å². The molecule has 1 N–H and O–H groups in total. The first kappa shape index (κ1) is 26.0. The van der Waals surface area contributed by atoms with Crippen molar-refractivity contribution >= 4 is 56.4 Å². The van der Waals surface area contributed by atoms with Crippen LogP contribution < -0.4 is 14.5 Å². The number of hydrogen-bond acceptors (Lipinski definition) is 4. The number of hydrogen-bond donors (Lipinski definition) is 1. The van der Waals surface area contributed by atoms with Crippen LogP contribution >= 0.6 is 23.2 Å². The molecule has 1 aliphatic rings. The molecule has 0 unspecified atom stereocenters. The minimum absolute atomic E-state index is 0.0416. The van der Waals surface area contributed by atoms with Gasteiger partial charge in [0.05, 0.1) is 10.6 Å². The van der Waals surface area contributed by atoms with Gasteiger partial charge < -0.3 is 10.2 Å². The average molecular weight is 546 g/mol. The molecule has 1 saturated heterocycles. The Morgan fingerprint density at radius 1 is 1.03 bits per heavy atom. The third-order valence-electron chi connectivity index (χ3n) is 5.82. The molecule has 0 saturated carbocycles. The van der Waals surface area contributed by atoms with Gasteiger partial charge >= 0.3 is 0 Å². The first-order valence-corrected chi connectivity index (χ1v) is 13.5. The Labute approximate surface area is 220 Å². The fourth-order valence-electron chi connectivity index (χ4n) is 3.98. The van der Waals surface area contributed by atoms with Gasteiger partial charge in [0, 0.05) is 35.2 Å². The van der Waals surface area contributed by atoms with Crippen molar-refractivity contribution in [2.24, 2.45) is 0 Å². The monoisotopic (exact) mass is 545 g/mol. The Morgan fingerprint density at radius 2 is 1.72 bits per heavy atom. The van der Waals surface area contributed by atoms with Crippen LogP contribution in [0, 0.1) is 6.92 Å². The molecule has 3 aromatic rings. The van der Waals surface area contributed by atoms with Gasteiger partial charge in [0.15, 0.2) is 0 Å². The van der Waals surface area contributed by atoms with Crippen molar-refractivity contribution in [1.29, 1.82) is 0 Å². The van der Waals surface area contributed by atoms with Gasteiger partial charge in [0.2, 0.25) is 11.8 Å². The molecule has 0 spiro atoms. The molecule has 0 aliphatic carbocycles. The van der Waals surface area contributed by atoms with Gasteiger partial charge in [-0.3, -0.25) is 13.9 Å². The number of sulfonamides is 1. The Hall–Kier alpha value is -3.07. The smallest absolute Gasteiger partial charge is 0.264 e. The molecule has 7 nitrogen and oxygen atoms in total. The van der Waals surface area contributed by atoms with Gasteiger partial charge in [-0.05, 0) is 61.4 Å². The van der Waals surface area contributed by atoms with E-state index in [4.69, 9.17) is 23.2 Å².